The zero-order valence-electron chi connectivity index (χ0n) is 10.6. The molecule has 0 aromatic carbocycles. The minimum Gasteiger partial charge on any atom is -0.311 e. The van der Waals surface area contributed by atoms with Crippen LogP contribution >= 0.6 is 11.8 Å². The molecule has 0 spiro atoms. The van der Waals surface area contributed by atoms with Crippen LogP contribution in [0.2, 0.25) is 0 Å². The second-order valence-corrected chi connectivity index (χ2v) is 6.02. The summed E-state index contributed by atoms with van der Waals surface area (Å²) in [5.41, 5.74) is 0. The fourth-order valence-corrected chi connectivity index (χ4v) is 3.19. The second-order valence-electron chi connectivity index (χ2n) is 5.04. The Labute approximate surface area is 99.8 Å². The van der Waals surface area contributed by atoms with Gasteiger partial charge >= 0.3 is 0 Å². The molecule has 2 atom stereocenters. The predicted octanol–water partition coefficient (Wildman–Crippen LogP) is 3.69. The summed E-state index contributed by atoms with van der Waals surface area (Å²) >= 11 is 1.95. The maximum atomic E-state index is 3.77. The SMILES string of the molecule is CSCCC(C)NC(C)C1CCCCC1. The van der Waals surface area contributed by atoms with Crippen molar-refractivity contribution in [2.75, 3.05) is 12.0 Å². The molecule has 0 amide bonds. The third kappa shape index (κ3) is 5.26. The van der Waals surface area contributed by atoms with Crippen LogP contribution in [0.15, 0.2) is 0 Å². The highest BCUT2D eigenvalue weighted by Gasteiger charge is 2.20. The number of hydrogen-bond acceptors (Lipinski definition) is 2. The van der Waals surface area contributed by atoms with Crippen LogP contribution in [0.4, 0.5) is 0 Å². The maximum absolute atomic E-state index is 3.77. The molecule has 1 fully saturated rings. The average molecular weight is 229 g/mol. The maximum Gasteiger partial charge on any atom is 0.00694 e. The summed E-state index contributed by atoms with van der Waals surface area (Å²) in [7, 11) is 0. The monoisotopic (exact) mass is 229 g/mol. The third-order valence-corrected chi connectivity index (χ3v) is 4.30. The Morgan fingerprint density at radius 1 is 1.20 bits per heavy atom. The van der Waals surface area contributed by atoms with E-state index in [0.717, 1.165) is 12.0 Å². The largest absolute Gasteiger partial charge is 0.311 e. The van der Waals surface area contributed by atoms with Crippen molar-refractivity contribution in [3.05, 3.63) is 0 Å². The van der Waals surface area contributed by atoms with Crippen LogP contribution in [-0.4, -0.2) is 24.1 Å². The fourth-order valence-electron chi connectivity index (χ4n) is 2.60. The van der Waals surface area contributed by atoms with Crippen molar-refractivity contribution < 1.29 is 0 Å². The summed E-state index contributed by atoms with van der Waals surface area (Å²) in [4.78, 5) is 0. The minimum atomic E-state index is 0.689. The molecule has 15 heavy (non-hydrogen) atoms. The van der Waals surface area contributed by atoms with E-state index in [4.69, 9.17) is 0 Å². The van der Waals surface area contributed by atoms with Gasteiger partial charge in [0.2, 0.25) is 0 Å². The molecule has 2 unspecified atom stereocenters. The van der Waals surface area contributed by atoms with Crippen LogP contribution in [0.5, 0.6) is 0 Å². The zero-order chi connectivity index (χ0) is 11.1. The topological polar surface area (TPSA) is 12.0 Å². The van der Waals surface area contributed by atoms with Gasteiger partial charge < -0.3 is 5.32 Å². The lowest BCUT2D eigenvalue weighted by Gasteiger charge is -2.30. The molecule has 1 nitrogen and oxygen atoms in total. The van der Waals surface area contributed by atoms with Crippen molar-refractivity contribution >= 4 is 11.8 Å². The first-order valence-corrected chi connectivity index (χ1v) is 7.88. The van der Waals surface area contributed by atoms with Crippen molar-refractivity contribution in [3.63, 3.8) is 0 Å². The molecule has 90 valence electrons. The lowest BCUT2D eigenvalue weighted by molar-refractivity contribution is 0.266. The van der Waals surface area contributed by atoms with Gasteiger partial charge in [0.15, 0.2) is 0 Å². The average Bonchev–Trinajstić information content (AvgIpc) is 2.27. The molecule has 2 heteroatoms. The molecule has 0 radical (unpaired) electrons. The normalized spacial score (nSPS) is 22.6. The highest BCUT2D eigenvalue weighted by molar-refractivity contribution is 7.98. The third-order valence-electron chi connectivity index (χ3n) is 3.66. The van der Waals surface area contributed by atoms with E-state index in [1.54, 1.807) is 0 Å². The first-order chi connectivity index (χ1) is 7.24. The summed E-state index contributed by atoms with van der Waals surface area (Å²) in [6.45, 7) is 4.71. The lowest BCUT2D eigenvalue weighted by Crippen LogP contribution is -2.40. The standard InChI is InChI=1S/C13H27NS/c1-11(9-10-15-3)14-12(2)13-7-5-4-6-8-13/h11-14H,4-10H2,1-3H3. The van der Waals surface area contributed by atoms with Crippen LogP contribution in [0.25, 0.3) is 0 Å². The van der Waals surface area contributed by atoms with Gasteiger partial charge in [0, 0.05) is 12.1 Å². The van der Waals surface area contributed by atoms with Gasteiger partial charge in [-0.2, -0.15) is 11.8 Å². The number of hydrogen-bond donors (Lipinski definition) is 1. The van der Waals surface area contributed by atoms with Gasteiger partial charge in [-0.15, -0.1) is 0 Å². The Kier molecular flexibility index (Phi) is 6.74. The van der Waals surface area contributed by atoms with E-state index in [1.165, 1.54) is 44.3 Å². The van der Waals surface area contributed by atoms with E-state index < -0.39 is 0 Å². The van der Waals surface area contributed by atoms with E-state index >= 15 is 0 Å². The quantitative estimate of drug-likeness (QED) is 0.745. The molecule has 0 aliphatic heterocycles. The smallest absolute Gasteiger partial charge is 0.00694 e. The summed E-state index contributed by atoms with van der Waals surface area (Å²) in [5.74, 6) is 2.22. The summed E-state index contributed by atoms with van der Waals surface area (Å²) in [6.07, 6.45) is 10.8. The summed E-state index contributed by atoms with van der Waals surface area (Å²) < 4.78 is 0. The molecule has 1 rings (SSSR count). The van der Waals surface area contributed by atoms with Crippen molar-refractivity contribution in [2.24, 2.45) is 5.92 Å². The highest BCUT2D eigenvalue weighted by atomic mass is 32.2. The second kappa shape index (κ2) is 7.56. The van der Waals surface area contributed by atoms with Crippen LogP contribution in [0.3, 0.4) is 0 Å². The molecule has 0 aromatic rings. The van der Waals surface area contributed by atoms with Gasteiger partial charge in [-0.05, 0) is 51.0 Å². The Morgan fingerprint density at radius 3 is 2.47 bits per heavy atom. The first-order valence-electron chi connectivity index (χ1n) is 6.49. The Hall–Kier alpha value is 0.310. The van der Waals surface area contributed by atoms with E-state index in [9.17, 15) is 0 Å². The molecule has 0 heterocycles. The van der Waals surface area contributed by atoms with Gasteiger partial charge in [0.25, 0.3) is 0 Å². The van der Waals surface area contributed by atoms with E-state index in [1.807, 2.05) is 11.8 Å². The number of rotatable bonds is 6. The van der Waals surface area contributed by atoms with Crippen molar-refractivity contribution in [1.29, 1.82) is 0 Å². The Bertz CT molecular complexity index is 155. The van der Waals surface area contributed by atoms with Gasteiger partial charge in [0.1, 0.15) is 0 Å². The zero-order valence-corrected chi connectivity index (χ0v) is 11.4. The first kappa shape index (κ1) is 13.4. The van der Waals surface area contributed by atoms with Crippen molar-refractivity contribution in [3.8, 4) is 0 Å². The van der Waals surface area contributed by atoms with Crippen LogP contribution in [-0.2, 0) is 0 Å². The molecule has 1 saturated carbocycles. The highest BCUT2D eigenvalue weighted by Crippen LogP contribution is 2.26. The van der Waals surface area contributed by atoms with Crippen LogP contribution in [0, 0.1) is 5.92 Å². The Balaban J connectivity index is 2.17. The lowest BCUT2D eigenvalue weighted by atomic mass is 9.84. The van der Waals surface area contributed by atoms with Crippen LogP contribution in [0.1, 0.15) is 52.4 Å². The molecule has 1 aliphatic carbocycles. The van der Waals surface area contributed by atoms with E-state index in [0.29, 0.717) is 6.04 Å². The van der Waals surface area contributed by atoms with Crippen LogP contribution < -0.4 is 5.32 Å². The van der Waals surface area contributed by atoms with Gasteiger partial charge in [-0.3, -0.25) is 0 Å². The molecule has 0 saturated heterocycles. The number of thioether (sulfide) groups is 1. The predicted molar refractivity (Wildman–Crippen MR) is 71.6 cm³/mol. The van der Waals surface area contributed by atoms with Crippen molar-refractivity contribution in [2.45, 2.75) is 64.5 Å². The Morgan fingerprint density at radius 2 is 1.87 bits per heavy atom. The molecule has 1 aliphatic rings. The molecule has 0 bridgehead atoms. The molecule has 1 N–H and O–H groups in total. The van der Waals surface area contributed by atoms with E-state index in [2.05, 4.69) is 25.4 Å². The molecule has 0 aromatic heterocycles. The van der Waals surface area contributed by atoms with Gasteiger partial charge in [-0.1, -0.05) is 19.3 Å². The van der Waals surface area contributed by atoms with Gasteiger partial charge in [0.05, 0.1) is 0 Å². The van der Waals surface area contributed by atoms with Gasteiger partial charge in [-0.25, -0.2) is 0 Å². The fraction of sp³-hybridized carbons (Fsp3) is 1.00. The van der Waals surface area contributed by atoms with Crippen molar-refractivity contribution in [1.82, 2.24) is 5.32 Å². The number of nitrogens with one attached hydrogen (secondary N) is 1. The van der Waals surface area contributed by atoms with E-state index in [-0.39, 0.29) is 0 Å². The minimum absolute atomic E-state index is 0.689. The molecular weight excluding hydrogens is 202 g/mol. The molecular formula is C13H27NS. The summed E-state index contributed by atoms with van der Waals surface area (Å²) in [5, 5.41) is 3.77. The summed E-state index contributed by atoms with van der Waals surface area (Å²) in [6, 6.07) is 1.41.